The van der Waals surface area contributed by atoms with Crippen molar-refractivity contribution in [2.45, 2.75) is 19.9 Å². The molecule has 4 nitrogen and oxygen atoms in total. The van der Waals surface area contributed by atoms with Gasteiger partial charge in [-0.15, -0.1) is 0 Å². The van der Waals surface area contributed by atoms with Gasteiger partial charge in [0.2, 0.25) is 0 Å². The van der Waals surface area contributed by atoms with E-state index in [0.29, 0.717) is 11.4 Å². The molecule has 1 N–H and O–H groups in total. The first-order valence-electron chi connectivity index (χ1n) is 7.03. The fourth-order valence-electron chi connectivity index (χ4n) is 2.31. The van der Waals surface area contributed by atoms with Crippen LogP contribution in [0.1, 0.15) is 18.9 Å². The molecule has 0 spiro atoms. The summed E-state index contributed by atoms with van der Waals surface area (Å²) in [5.74, 6) is 0.855. The lowest BCUT2D eigenvalue weighted by Crippen LogP contribution is -2.00. The third kappa shape index (κ3) is 2.83. The minimum atomic E-state index is 0.703. The number of pyridine rings is 1. The molecular weight excluding hydrogens is 282 g/mol. The Kier molecular flexibility index (Phi) is 4.01. The molecule has 108 valence electrons. The third-order valence-electron chi connectivity index (χ3n) is 3.32. The number of imidazole rings is 1. The average Bonchev–Trinajstić information content (AvgIpc) is 2.83. The van der Waals surface area contributed by atoms with Gasteiger partial charge in [-0.2, -0.15) is 0 Å². The van der Waals surface area contributed by atoms with E-state index in [1.54, 1.807) is 12.4 Å². The highest BCUT2D eigenvalue weighted by Gasteiger charge is 2.09. The minimum Gasteiger partial charge on any atom is -0.491 e. The molecule has 0 radical (unpaired) electrons. The number of hydrogen-bond acceptors (Lipinski definition) is 3. The maximum Gasteiger partial charge on any atom is 0.178 e. The van der Waals surface area contributed by atoms with Crippen molar-refractivity contribution in [1.29, 1.82) is 0 Å². The first-order chi connectivity index (χ1) is 10.3. The Balaban J connectivity index is 2.03. The lowest BCUT2D eigenvalue weighted by Gasteiger charge is -2.07. The van der Waals surface area contributed by atoms with Crippen LogP contribution in [0.2, 0.25) is 0 Å². The van der Waals surface area contributed by atoms with Gasteiger partial charge >= 0.3 is 0 Å². The molecule has 0 aliphatic rings. The Morgan fingerprint density at radius 2 is 2.05 bits per heavy atom. The molecule has 5 heteroatoms. The second kappa shape index (κ2) is 6.10. The number of ether oxygens (including phenoxy) is 1. The van der Waals surface area contributed by atoms with Gasteiger partial charge in [0.1, 0.15) is 11.3 Å². The van der Waals surface area contributed by atoms with Crippen LogP contribution in [0.25, 0.3) is 11.0 Å². The van der Waals surface area contributed by atoms with Crippen LogP contribution in [0.4, 0.5) is 0 Å². The van der Waals surface area contributed by atoms with E-state index < -0.39 is 0 Å². The van der Waals surface area contributed by atoms with E-state index in [9.17, 15) is 0 Å². The van der Waals surface area contributed by atoms with Crippen LogP contribution >= 0.6 is 12.2 Å². The third-order valence-corrected chi connectivity index (χ3v) is 3.65. The predicted octanol–water partition coefficient (Wildman–Crippen LogP) is 3.93. The van der Waals surface area contributed by atoms with Crippen LogP contribution in [0.15, 0.2) is 42.7 Å². The largest absolute Gasteiger partial charge is 0.491 e. The number of fused-ring (bicyclic) bond motifs is 1. The van der Waals surface area contributed by atoms with Crippen molar-refractivity contribution in [3.05, 3.63) is 53.1 Å². The standard InChI is InChI=1S/C16H17N3OS/c1-2-10-20-14-5-3-4-13-15(14)18-16(21)19(13)11-12-6-8-17-9-7-12/h3-9H,2,10-11H2,1H3,(H,18,21). The number of nitrogens with zero attached hydrogens (tertiary/aromatic N) is 2. The highest BCUT2D eigenvalue weighted by atomic mass is 32.1. The zero-order valence-electron chi connectivity index (χ0n) is 11.9. The lowest BCUT2D eigenvalue weighted by atomic mass is 10.2. The summed E-state index contributed by atoms with van der Waals surface area (Å²) >= 11 is 5.46. The van der Waals surface area contributed by atoms with Gasteiger partial charge in [-0.1, -0.05) is 13.0 Å². The maximum atomic E-state index is 5.79. The molecule has 0 bridgehead atoms. The monoisotopic (exact) mass is 299 g/mol. The Morgan fingerprint density at radius 1 is 1.24 bits per heavy atom. The molecule has 3 aromatic rings. The summed E-state index contributed by atoms with van der Waals surface area (Å²) in [4.78, 5) is 7.31. The number of para-hydroxylation sites is 1. The van der Waals surface area contributed by atoms with Crippen molar-refractivity contribution in [1.82, 2.24) is 14.5 Å². The Hall–Kier alpha value is -2.14. The van der Waals surface area contributed by atoms with Crippen molar-refractivity contribution in [3.63, 3.8) is 0 Å². The lowest BCUT2D eigenvalue weighted by molar-refractivity contribution is 0.320. The van der Waals surface area contributed by atoms with Gasteiger partial charge in [0.25, 0.3) is 0 Å². The van der Waals surface area contributed by atoms with E-state index in [4.69, 9.17) is 17.0 Å². The van der Waals surface area contributed by atoms with Gasteiger partial charge in [0, 0.05) is 12.4 Å². The zero-order chi connectivity index (χ0) is 14.7. The van der Waals surface area contributed by atoms with Crippen molar-refractivity contribution < 1.29 is 4.74 Å². The van der Waals surface area contributed by atoms with Crippen LogP contribution in [0.3, 0.4) is 0 Å². The number of rotatable bonds is 5. The van der Waals surface area contributed by atoms with Crippen molar-refractivity contribution >= 4 is 23.3 Å². The SMILES string of the molecule is CCCOc1cccc2c1[nH]c(=S)n2Cc1ccncc1. The summed E-state index contributed by atoms with van der Waals surface area (Å²) < 4.78 is 8.57. The minimum absolute atomic E-state index is 0.703. The van der Waals surface area contributed by atoms with Crippen LogP contribution in [-0.2, 0) is 6.54 Å². The normalized spacial score (nSPS) is 10.9. The molecule has 0 aliphatic carbocycles. The fraction of sp³-hybridized carbons (Fsp3) is 0.250. The number of hydrogen-bond donors (Lipinski definition) is 1. The number of nitrogens with one attached hydrogen (secondary N) is 1. The van der Waals surface area contributed by atoms with Crippen molar-refractivity contribution in [2.24, 2.45) is 0 Å². The molecule has 0 atom stereocenters. The number of benzene rings is 1. The molecule has 21 heavy (non-hydrogen) atoms. The molecular formula is C16H17N3OS. The average molecular weight is 299 g/mol. The molecule has 0 aliphatic heterocycles. The molecule has 0 fully saturated rings. The summed E-state index contributed by atoms with van der Waals surface area (Å²) in [6.45, 7) is 3.52. The molecule has 0 unspecified atom stereocenters. The van der Waals surface area contributed by atoms with Gasteiger partial charge in [0.05, 0.1) is 18.7 Å². The summed E-state index contributed by atoms with van der Waals surface area (Å²) in [5.41, 5.74) is 3.19. The van der Waals surface area contributed by atoms with Crippen molar-refractivity contribution in [2.75, 3.05) is 6.61 Å². The molecule has 1 aromatic carbocycles. The van der Waals surface area contributed by atoms with Gasteiger partial charge in [-0.3, -0.25) is 4.98 Å². The fourth-order valence-corrected chi connectivity index (χ4v) is 2.58. The highest BCUT2D eigenvalue weighted by Crippen LogP contribution is 2.25. The van der Waals surface area contributed by atoms with Crippen LogP contribution in [-0.4, -0.2) is 21.1 Å². The Morgan fingerprint density at radius 3 is 2.81 bits per heavy atom. The van der Waals surface area contributed by atoms with E-state index in [2.05, 4.69) is 27.5 Å². The molecule has 0 amide bonds. The maximum absolute atomic E-state index is 5.79. The second-order valence-corrected chi connectivity index (χ2v) is 5.26. The van der Waals surface area contributed by atoms with Gasteiger partial charge in [0.15, 0.2) is 4.77 Å². The predicted molar refractivity (Wildman–Crippen MR) is 86.2 cm³/mol. The summed E-state index contributed by atoms with van der Waals surface area (Å²) in [6, 6.07) is 10.0. The number of aromatic amines is 1. The quantitative estimate of drug-likeness (QED) is 0.726. The Bertz CT molecular complexity index is 792. The molecule has 0 saturated heterocycles. The number of H-pyrrole nitrogens is 1. The first-order valence-corrected chi connectivity index (χ1v) is 7.43. The van der Waals surface area contributed by atoms with Crippen LogP contribution in [0.5, 0.6) is 5.75 Å². The second-order valence-electron chi connectivity index (χ2n) is 4.87. The number of aromatic nitrogens is 3. The Labute approximate surface area is 128 Å². The molecule has 2 aromatic heterocycles. The van der Waals surface area contributed by atoms with E-state index in [1.165, 1.54) is 5.56 Å². The van der Waals surface area contributed by atoms with E-state index in [0.717, 1.165) is 29.7 Å². The van der Waals surface area contributed by atoms with E-state index in [-0.39, 0.29) is 0 Å². The van der Waals surface area contributed by atoms with Crippen LogP contribution in [0, 0.1) is 4.77 Å². The summed E-state index contributed by atoms with van der Waals surface area (Å²) in [6.07, 6.45) is 4.57. The zero-order valence-corrected chi connectivity index (χ0v) is 12.7. The summed E-state index contributed by atoms with van der Waals surface area (Å²) in [7, 11) is 0. The molecule has 0 saturated carbocycles. The van der Waals surface area contributed by atoms with Gasteiger partial charge in [-0.05, 0) is 48.5 Å². The van der Waals surface area contributed by atoms with Crippen molar-refractivity contribution in [3.8, 4) is 5.75 Å². The van der Waals surface area contributed by atoms with Gasteiger partial charge in [-0.25, -0.2) is 0 Å². The van der Waals surface area contributed by atoms with E-state index >= 15 is 0 Å². The smallest absolute Gasteiger partial charge is 0.178 e. The highest BCUT2D eigenvalue weighted by molar-refractivity contribution is 7.71. The molecule has 2 heterocycles. The van der Waals surface area contributed by atoms with E-state index in [1.807, 2.05) is 24.3 Å². The molecule has 3 rings (SSSR count). The van der Waals surface area contributed by atoms with Gasteiger partial charge < -0.3 is 14.3 Å². The van der Waals surface area contributed by atoms with Crippen LogP contribution < -0.4 is 4.74 Å². The summed E-state index contributed by atoms with van der Waals surface area (Å²) in [5, 5.41) is 0. The first kappa shape index (κ1) is 13.8. The topological polar surface area (TPSA) is 42.8 Å².